The van der Waals surface area contributed by atoms with Crippen molar-refractivity contribution in [1.29, 1.82) is 0 Å². The molecule has 1 heterocycles. The molecule has 0 atom stereocenters. The molecule has 1 fully saturated rings. The number of hydrogen-bond donors (Lipinski definition) is 1. The van der Waals surface area contributed by atoms with Crippen molar-refractivity contribution in [3.05, 3.63) is 58.7 Å². The number of carbonyl (C=O) groups is 2. The summed E-state index contributed by atoms with van der Waals surface area (Å²) in [6.07, 6.45) is 3.23. The van der Waals surface area contributed by atoms with E-state index in [1.165, 1.54) is 5.56 Å². The number of amides is 2. The Labute approximate surface area is 178 Å². The molecule has 158 valence electrons. The second-order valence-electron chi connectivity index (χ2n) is 8.96. The molecular weight excluding hydrogens is 376 g/mol. The van der Waals surface area contributed by atoms with Crippen molar-refractivity contribution in [3.8, 4) is 5.75 Å². The van der Waals surface area contributed by atoms with Gasteiger partial charge < -0.3 is 15.0 Å². The molecule has 1 aliphatic carbocycles. The van der Waals surface area contributed by atoms with E-state index in [-0.39, 0.29) is 17.9 Å². The number of nitrogens with zero attached hydrogens (tertiary/aromatic N) is 1. The fourth-order valence-corrected chi connectivity index (χ4v) is 4.76. The number of carbonyl (C=O) groups excluding carboxylic acids is 2. The van der Waals surface area contributed by atoms with Crippen molar-refractivity contribution >= 4 is 17.5 Å². The van der Waals surface area contributed by atoms with Crippen LogP contribution < -0.4 is 10.1 Å². The van der Waals surface area contributed by atoms with Crippen LogP contribution in [0, 0.1) is 19.3 Å². The first kappa shape index (κ1) is 20.5. The third-order valence-electron chi connectivity index (χ3n) is 6.94. The Bertz CT molecular complexity index is 990. The van der Waals surface area contributed by atoms with Crippen molar-refractivity contribution in [2.24, 2.45) is 5.41 Å². The Hall–Kier alpha value is -2.82. The molecule has 5 nitrogen and oxygen atoms in total. The number of aryl methyl sites for hydroxylation is 2. The average molecular weight is 407 g/mol. The van der Waals surface area contributed by atoms with Gasteiger partial charge >= 0.3 is 0 Å². The van der Waals surface area contributed by atoms with Crippen LogP contribution in [0.25, 0.3) is 0 Å². The van der Waals surface area contributed by atoms with Crippen LogP contribution in [0.15, 0.2) is 36.4 Å². The highest BCUT2D eigenvalue weighted by Gasteiger charge is 2.42. The van der Waals surface area contributed by atoms with Crippen LogP contribution in [0.4, 0.5) is 5.69 Å². The van der Waals surface area contributed by atoms with Crippen LogP contribution in [0.3, 0.4) is 0 Å². The first-order valence-electron chi connectivity index (χ1n) is 10.7. The Balaban J connectivity index is 1.41. The molecule has 1 saturated carbocycles. The number of fused-ring (bicyclic) bond motifs is 1. The van der Waals surface area contributed by atoms with Gasteiger partial charge in [0.25, 0.3) is 5.91 Å². The van der Waals surface area contributed by atoms with Gasteiger partial charge in [-0.25, -0.2) is 0 Å². The molecule has 2 aliphatic rings. The zero-order valence-electron chi connectivity index (χ0n) is 18.2. The lowest BCUT2D eigenvalue weighted by Crippen LogP contribution is -2.44. The molecule has 2 amide bonds. The molecule has 0 saturated heterocycles. The fourth-order valence-electron chi connectivity index (χ4n) is 4.76. The van der Waals surface area contributed by atoms with E-state index in [0.29, 0.717) is 6.54 Å². The monoisotopic (exact) mass is 406 g/mol. The van der Waals surface area contributed by atoms with Crippen molar-refractivity contribution in [2.45, 2.75) is 59.0 Å². The minimum atomic E-state index is -0.430. The summed E-state index contributed by atoms with van der Waals surface area (Å²) in [4.78, 5) is 28.0. The van der Waals surface area contributed by atoms with Gasteiger partial charge in [-0.1, -0.05) is 25.1 Å². The van der Waals surface area contributed by atoms with Gasteiger partial charge in [0, 0.05) is 35.3 Å². The van der Waals surface area contributed by atoms with E-state index in [1.54, 1.807) is 7.11 Å². The van der Waals surface area contributed by atoms with Gasteiger partial charge in [0.15, 0.2) is 0 Å². The standard InChI is InChI=1S/C25H30N2O3/c1-16-6-5-7-20-21(16)15-27(23(20)28)19-10-12-25(3,13-11-19)24(29)26-18-9-8-17(2)22(14-18)30-4/h5-9,14,19H,10-13,15H2,1-4H3,(H,26,29). The summed E-state index contributed by atoms with van der Waals surface area (Å²) >= 11 is 0. The lowest BCUT2D eigenvalue weighted by molar-refractivity contribution is -0.126. The third-order valence-corrected chi connectivity index (χ3v) is 6.94. The Morgan fingerprint density at radius 1 is 1.13 bits per heavy atom. The van der Waals surface area contributed by atoms with E-state index in [1.807, 2.05) is 49.1 Å². The number of ether oxygens (including phenoxy) is 1. The molecule has 4 rings (SSSR count). The van der Waals surface area contributed by atoms with Gasteiger partial charge in [-0.3, -0.25) is 9.59 Å². The molecule has 5 heteroatoms. The van der Waals surface area contributed by atoms with Crippen molar-refractivity contribution in [2.75, 3.05) is 12.4 Å². The van der Waals surface area contributed by atoms with Crippen LogP contribution in [0.1, 0.15) is 59.7 Å². The topological polar surface area (TPSA) is 58.6 Å². The fraction of sp³-hybridized carbons (Fsp3) is 0.440. The molecule has 0 radical (unpaired) electrons. The SMILES string of the molecule is COc1cc(NC(=O)C2(C)CCC(N3Cc4c(C)cccc4C3=O)CC2)ccc1C. The van der Waals surface area contributed by atoms with Gasteiger partial charge in [-0.05, 0) is 68.4 Å². The molecule has 0 aromatic heterocycles. The molecule has 0 bridgehead atoms. The molecule has 2 aromatic rings. The quantitative estimate of drug-likeness (QED) is 0.789. The predicted molar refractivity (Wildman–Crippen MR) is 118 cm³/mol. The number of nitrogens with one attached hydrogen (secondary N) is 1. The van der Waals surface area contributed by atoms with Crippen molar-refractivity contribution in [1.82, 2.24) is 4.90 Å². The van der Waals surface area contributed by atoms with Gasteiger partial charge in [0.05, 0.1) is 7.11 Å². The average Bonchev–Trinajstić information content (AvgIpc) is 3.08. The van der Waals surface area contributed by atoms with E-state index >= 15 is 0 Å². The summed E-state index contributed by atoms with van der Waals surface area (Å²) in [5.41, 5.74) is 4.54. The largest absolute Gasteiger partial charge is 0.496 e. The summed E-state index contributed by atoms with van der Waals surface area (Å²) < 4.78 is 5.37. The molecule has 2 aromatic carbocycles. The summed E-state index contributed by atoms with van der Waals surface area (Å²) in [5.74, 6) is 0.946. The Morgan fingerprint density at radius 2 is 1.87 bits per heavy atom. The van der Waals surface area contributed by atoms with Crippen LogP contribution in [0.5, 0.6) is 5.75 Å². The molecule has 1 N–H and O–H groups in total. The van der Waals surface area contributed by atoms with Crippen molar-refractivity contribution in [3.63, 3.8) is 0 Å². The maximum absolute atomic E-state index is 13.1. The van der Waals surface area contributed by atoms with Gasteiger partial charge in [-0.15, -0.1) is 0 Å². The number of hydrogen-bond acceptors (Lipinski definition) is 3. The molecular formula is C25H30N2O3. The van der Waals surface area contributed by atoms with E-state index < -0.39 is 5.41 Å². The van der Waals surface area contributed by atoms with E-state index in [0.717, 1.165) is 53.8 Å². The number of anilines is 1. The summed E-state index contributed by atoms with van der Waals surface area (Å²) in [6, 6.07) is 11.9. The summed E-state index contributed by atoms with van der Waals surface area (Å²) in [7, 11) is 1.63. The maximum Gasteiger partial charge on any atom is 0.254 e. The van der Waals surface area contributed by atoms with Crippen LogP contribution in [0.2, 0.25) is 0 Å². The van der Waals surface area contributed by atoms with E-state index in [9.17, 15) is 9.59 Å². The predicted octanol–water partition coefficient (Wildman–Crippen LogP) is 4.86. The smallest absolute Gasteiger partial charge is 0.254 e. The van der Waals surface area contributed by atoms with Crippen LogP contribution >= 0.6 is 0 Å². The highest BCUT2D eigenvalue weighted by molar-refractivity contribution is 5.99. The number of benzene rings is 2. The second-order valence-corrected chi connectivity index (χ2v) is 8.96. The highest BCUT2D eigenvalue weighted by Crippen LogP contribution is 2.41. The highest BCUT2D eigenvalue weighted by atomic mass is 16.5. The lowest BCUT2D eigenvalue weighted by atomic mass is 9.73. The minimum absolute atomic E-state index is 0.0405. The van der Waals surface area contributed by atoms with Crippen LogP contribution in [-0.4, -0.2) is 29.9 Å². The van der Waals surface area contributed by atoms with Crippen molar-refractivity contribution < 1.29 is 14.3 Å². The van der Waals surface area contributed by atoms with Gasteiger partial charge in [0.2, 0.25) is 5.91 Å². The summed E-state index contributed by atoms with van der Waals surface area (Å²) in [5, 5.41) is 3.07. The first-order chi connectivity index (χ1) is 14.3. The normalized spacial score (nSPS) is 23.3. The number of rotatable bonds is 4. The van der Waals surface area contributed by atoms with Gasteiger partial charge in [-0.2, -0.15) is 0 Å². The second kappa shape index (κ2) is 7.78. The first-order valence-corrected chi connectivity index (χ1v) is 10.7. The molecule has 0 unspecified atom stereocenters. The maximum atomic E-state index is 13.1. The van der Waals surface area contributed by atoms with E-state index in [2.05, 4.69) is 18.3 Å². The van der Waals surface area contributed by atoms with E-state index in [4.69, 9.17) is 4.74 Å². The third kappa shape index (κ3) is 3.57. The number of methoxy groups -OCH3 is 1. The summed E-state index contributed by atoms with van der Waals surface area (Å²) in [6.45, 7) is 6.77. The minimum Gasteiger partial charge on any atom is -0.496 e. The van der Waals surface area contributed by atoms with Gasteiger partial charge in [0.1, 0.15) is 5.75 Å². The lowest BCUT2D eigenvalue weighted by Gasteiger charge is -2.39. The molecule has 0 spiro atoms. The zero-order valence-corrected chi connectivity index (χ0v) is 18.2. The molecule has 1 aliphatic heterocycles. The Morgan fingerprint density at radius 3 is 2.53 bits per heavy atom. The molecule has 30 heavy (non-hydrogen) atoms. The Kier molecular flexibility index (Phi) is 5.31. The van der Waals surface area contributed by atoms with Crippen LogP contribution in [-0.2, 0) is 11.3 Å². The zero-order chi connectivity index (χ0) is 21.5.